The molecule has 0 aromatic heterocycles. The Bertz CT molecular complexity index is 1080. The lowest BCUT2D eigenvalue weighted by Gasteiger charge is -2.21. The molecule has 1 atom stereocenters. The highest BCUT2D eigenvalue weighted by Gasteiger charge is 2.30. The summed E-state index contributed by atoms with van der Waals surface area (Å²) in [6, 6.07) is 10.1. The maximum absolute atomic E-state index is 12.6. The zero-order valence-electron chi connectivity index (χ0n) is 15.2. The van der Waals surface area contributed by atoms with Crippen molar-refractivity contribution in [3.63, 3.8) is 0 Å². The smallest absolute Gasteiger partial charge is 0.238 e. The van der Waals surface area contributed by atoms with E-state index in [0.717, 1.165) is 17.3 Å². The summed E-state index contributed by atoms with van der Waals surface area (Å²) in [5.41, 5.74) is 1.24. The summed E-state index contributed by atoms with van der Waals surface area (Å²) >= 11 is 13.0. The molecule has 1 saturated heterocycles. The SMILES string of the molecule is O=C1C[C@@H](C(=O)Nc2ccc(Cl)c(Cl)c2)SC(=N/N=C\c2ccc3c(c2)OCO3)N1. The molecule has 2 aliphatic rings. The number of anilines is 1. The molecule has 4 rings (SSSR count). The van der Waals surface area contributed by atoms with Crippen LogP contribution in [0.15, 0.2) is 46.6 Å². The van der Waals surface area contributed by atoms with Crippen LogP contribution in [0.2, 0.25) is 10.0 Å². The van der Waals surface area contributed by atoms with Gasteiger partial charge in [-0.25, -0.2) is 0 Å². The first-order valence-corrected chi connectivity index (χ1v) is 10.3. The number of amides is 2. The highest BCUT2D eigenvalue weighted by Crippen LogP contribution is 2.32. The number of hydrogen-bond acceptors (Lipinski definition) is 7. The predicted molar refractivity (Wildman–Crippen MR) is 117 cm³/mol. The van der Waals surface area contributed by atoms with Gasteiger partial charge in [0.15, 0.2) is 16.7 Å². The molecule has 2 heterocycles. The number of amidine groups is 1. The van der Waals surface area contributed by atoms with Gasteiger partial charge >= 0.3 is 0 Å². The van der Waals surface area contributed by atoms with Gasteiger partial charge in [0.05, 0.1) is 16.3 Å². The van der Waals surface area contributed by atoms with E-state index in [9.17, 15) is 9.59 Å². The minimum Gasteiger partial charge on any atom is -0.454 e. The minimum absolute atomic E-state index is 0.0166. The van der Waals surface area contributed by atoms with E-state index in [2.05, 4.69) is 20.8 Å². The molecule has 11 heteroatoms. The Balaban J connectivity index is 1.41. The van der Waals surface area contributed by atoms with Gasteiger partial charge in [-0.3, -0.25) is 9.59 Å². The van der Waals surface area contributed by atoms with Gasteiger partial charge in [0.25, 0.3) is 0 Å². The quantitative estimate of drug-likeness (QED) is 0.530. The monoisotopic (exact) mass is 464 g/mol. The number of nitrogens with zero attached hydrogens (tertiary/aromatic N) is 2. The normalized spacial score (nSPS) is 19.2. The number of carbonyl (C=O) groups is 2. The molecule has 154 valence electrons. The fourth-order valence-corrected chi connectivity index (χ4v) is 3.91. The molecule has 8 nitrogen and oxygen atoms in total. The van der Waals surface area contributed by atoms with Gasteiger partial charge in [-0.15, -0.1) is 5.10 Å². The second kappa shape index (κ2) is 8.95. The molecule has 2 aromatic rings. The first-order chi connectivity index (χ1) is 14.5. The van der Waals surface area contributed by atoms with E-state index in [1.807, 2.05) is 0 Å². The van der Waals surface area contributed by atoms with Gasteiger partial charge in [-0.2, -0.15) is 5.10 Å². The molecule has 2 amide bonds. The summed E-state index contributed by atoms with van der Waals surface area (Å²) in [6.45, 7) is 0.187. The van der Waals surface area contributed by atoms with E-state index in [1.165, 1.54) is 6.21 Å². The largest absolute Gasteiger partial charge is 0.454 e. The molecule has 0 radical (unpaired) electrons. The average Bonchev–Trinajstić information content (AvgIpc) is 3.18. The van der Waals surface area contributed by atoms with Crippen molar-refractivity contribution < 1.29 is 19.1 Å². The van der Waals surface area contributed by atoms with E-state index in [-0.39, 0.29) is 30.2 Å². The van der Waals surface area contributed by atoms with E-state index in [4.69, 9.17) is 32.7 Å². The van der Waals surface area contributed by atoms with E-state index < -0.39 is 5.25 Å². The third kappa shape index (κ3) is 4.86. The Morgan fingerprint density at radius 3 is 2.83 bits per heavy atom. The molecule has 0 saturated carbocycles. The van der Waals surface area contributed by atoms with Gasteiger partial charge in [0.2, 0.25) is 18.6 Å². The van der Waals surface area contributed by atoms with Crippen molar-refractivity contribution in [1.82, 2.24) is 5.32 Å². The number of carbonyl (C=O) groups excluding carboxylic acids is 2. The van der Waals surface area contributed by atoms with Crippen LogP contribution < -0.4 is 20.1 Å². The number of ether oxygens (including phenoxy) is 2. The van der Waals surface area contributed by atoms with Gasteiger partial charge in [0, 0.05) is 12.1 Å². The number of nitrogens with one attached hydrogen (secondary N) is 2. The van der Waals surface area contributed by atoms with Crippen molar-refractivity contribution in [1.29, 1.82) is 0 Å². The Labute approximate surface area is 185 Å². The second-order valence-electron chi connectivity index (χ2n) is 6.24. The lowest BCUT2D eigenvalue weighted by atomic mass is 10.2. The summed E-state index contributed by atoms with van der Waals surface area (Å²) in [5.74, 6) is 0.635. The molecule has 0 bridgehead atoms. The van der Waals surface area contributed by atoms with Gasteiger partial charge in [-0.05, 0) is 42.0 Å². The molecule has 0 unspecified atom stereocenters. The average molecular weight is 465 g/mol. The molecule has 0 spiro atoms. The fraction of sp³-hybridized carbons (Fsp3) is 0.158. The predicted octanol–water partition coefficient (Wildman–Crippen LogP) is 3.67. The van der Waals surface area contributed by atoms with Crippen LogP contribution in [0.5, 0.6) is 11.5 Å². The van der Waals surface area contributed by atoms with Crippen molar-refractivity contribution >= 4 is 63.8 Å². The van der Waals surface area contributed by atoms with Crippen molar-refractivity contribution in [2.45, 2.75) is 11.7 Å². The molecule has 30 heavy (non-hydrogen) atoms. The third-order valence-electron chi connectivity index (χ3n) is 4.10. The van der Waals surface area contributed by atoms with Gasteiger partial charge in [-0.1, -0.05) is 35.0 Å². The van der Waals surface area contributed by atoms with E-state index in [1.54, 1.807) is 36.4 Å². The lowest BCUT2D eigenvalue weighted by Crippen LogP contribution is -2.41. The van der Waals surface area contributed by atoms with E-state index in [0.29, 0.717) is 27.2 Å². The maximum Gasteiger partial charge on any atom is 0.238 e. The van der Waals surface area contributed by atoms with Crippen LogP contribution in [0.4, 0.5) is 5.69 Å². The summed E-state index contributed by atoms with van der Waals surface area (Å²) < 4.78 is 10.6. The van der Waals surface area contributed by atoms with Crippen LogP contribution in [0, 0.1) is 0 Å². The molecule has 2 aliphatic heterocycles. The Morgan fingerprint density at radius 1 is 1.17 bits per heavy atom. The van der Waals surface area contributed by atoms with Crippen molar-refractivity contribution in [2.24, 2.45) is 10.2 Å². The fourth-order valence-electron chi connectivity index (χ4n) is 2.68. The van der Waals surface area contributed by atoms with Crippen molar-refractivity contribution in [3.05, 3.63) is 52.0 Å². The Morgan fingerprint density at radius 2 is 2.00 bits per heavy atom. The number of halogens is 2. The Kier molecular flexibility index (Phi) is 6.12. The number of hydrogen-bond donors (Lipinski definition) is 2. The third-order valence-corrected chi connectivity index (χ3v) is 5.91. The number of fused-ring (bicyclic) bond motifs is 1. The van der Waals surface area contributed by atoms with Crippen LogP contribution in [-0.4, -0.2) is 35.2 Å². The molecule has 2 N–H and O–H groups in total. The lowest BCUT2D eigenvalue weighted by molar-refractivity contribution is -0.123. The zero-order valence-corrected chi connectivity index (χ0v) is 17.6. The standard InChI is InChI=1S/C19H14Cl2N4O4S/c20-12-3-2-11(6-13(12)21)23-18(27)16-7-17(26)24-19(30-16)25-22-8-10-1-4-14-15(5-10)29-9-28-14/h1-6,8,16H,7,9H2,(H,23,27)(H,24,25,26)/b22-8-/t16-/m0/s1. The number of rotatable bonds is 4. The van der Waals surface area contributed by atoms with Crippen LogP contribution in [-0.2, 0) is 9.59 Å². The van der Waals surface area contributed by atoms with Crippen LogP contribution >= 0.6 is 35.0 Å². The molecule has 2 aromatic carbocycles. The molecular weight excluding hydrogens is 451 g/mol. The van der Waals surface area contributed by atoms with Gasteiger partial charge < -0.3 is 20.1 Å². The molecular formula is C19H14Cl2N4O4S. The maximum atomic E-state index is 12.6. The number of benzene rings is 2. The van der Waals surface area contributed by atoms with Crippen LogP contribution in [0.3, 0.4) is 0 Å². The first-order valence-electron chi connectivity index (χ1n) is 8.71. The summed E-state index contributed by atoms with van der Waals surface area (Å²) in [5, 5.41) is 13.6. The second-order valence-corrected chi connectivity index (χ2v) is 8.25. The summed E-state index contributed by atoms with van der Waals surface area (Å²) in [4.78, 5) is 24.5. The van der Waals surface area contributed by atoms with Crippen LogP contribution in [0.25, 0.3) is 0 Å². The Hall–Kier alpha value is -2.75. The summed E-state index contributed by atoms with van der Waals surface area (Å²) in [6.07, 6.45) is 1.53. The molecule has 1 fully saturated rings. The van der Waals surface area contributed by atoms with Crippen LogP contribution in [0.1, 0.15) is 12.0 Å². The first kappa shape index (κ1) is 20.5. The van der Waals surface area contributed by atoms with Gasteiger partial charge in [0.1, 0.15) is 5.25 Å². The van der Waals surface area contributed by atoms with E-state index >= 15 is 0 Å². The highest BCUT2D eigenvalue weighted by molar-refractivity contribution is 8.15. The van der Waals surface area contributed by atoms with Crippen molar-refractivity contribution in [2.75, 3.05) is 12.1 Å². The summed E-state index contributed by atoms with van der Waals surface area (Å²) in [7, 11) is 0. The topological polar surface area (TPSA) is 101 Å². The minimum atomic E-state index is -0.660. The number of thioether (sulfide) groups is 1. The molecule has 0 aliphatic carbocycles. The van der Waals surface area contributed by atoms with Crippen molar-refractivity contribution in [3.8, 4) is 11.5 Å². The highest BCUT2D eigenvalue weighted by atomic mass is 35.5. The zero-order chi connectivity index (χ0) is 21.1.